The minimum atomic E-state index is -0.660. The molecular weight excluding hydrogens is 487 g/mol. The average Bonchev–Trinajstić information content (AvgIpc) is 3.26. The van der Waals surface area contributed by atoms with Gasteiger partial charge in [0.15, 0.2) is 11.5 Å². The number of thioether (sulfide) groups is 1. The lowest BCUT2D eigenvalue weighted by Gasteiger charge is -2.20. The molecule has 1 aliphatic rings. The molecule has 7 nitrogen and oxygen atoms in total. The number of methoxy groups -OCH3 is 1. The Morgan fingerprint density at radius 3 is 2.90 bits per heavy atom. The van der Waals surface area contributed by atoms with Gasteiger partial charge in [-0.25, -0.2) is 14.4 Å². The van der Waals surface area contributed by atoms with Crippen molar-refractivity contribution >= 4 is 50.1 Å². The second kappa shape index (κ2) is 9.71. The maximum Gasteiger partial charge on any atom is 0.163 e. The molecule has 0 saturated heterocycles. The molecule has 0 saturated carbocycles. The third-order valence-corrected chi connectivity index (χ3v) is 5.88. The summed E-state index contributed by atoms with van der Waals surface area (Å²) < 4.78 is 26.2. The minimum Gasteiger partial charge on any atom is -0.493 e. The number of hydrogen-bond acceptors (Lipinski definition) is 8. The molecule has 0 spiro atoms. The molecule has 3 aromatic rings. The van der Waals surface area contributed by atoms with Gasteiger partial charge in [0, 0.05) is 28.7 Å². The number of fused-ring (bicyclic) bond motifs is 1. The number of aliphatic hydroxyl groups excluding tert-OH is 1. The van der Waals surface area contributed by atoms with E-state index in [9.17, 15) is 9.50 Å². The molecule has 0 radical (unpaired) electrons. The summed E-state index contributed by atoms with van der Waals surface area (Å²) in [7, 11) is 1.53. The number of aliphatic hydroxyl groups is 1. The Morgan fingerprint density at radius 2 is 2.16 bits per heavy atom. The van der Waals surface area contributed by atoms with Gasteiger partial charge in [-0.2, -0.15) is 0 Å². The van der Waals surface area contributed by atoms with Gasteiger partial charge in [-0.15, -0.1) is 11.8 Å². The number of nitrogens with zero attached hydrogens (tertiary/aromatic N) is 3. The van der Waals surface area contributed by atoms with E-state index in [0.717, 1.165) is 5.88 Å². The Hall–Kier alpha value is -2.56. The van der Waals surface area contributed by atoms with E-state index in [1.54, 1.807) is 36.0 Å². The number of ether oxygens (including phenoxy) is 2. The molecule has 10 heteroatoms. The van der Waals surface area contributed by atoms with E-state index in [1.807, 2.05) is 16.5 Å². The first kappa shape index (κ1) is 21.7. The summed E-state index contributed by atoms with van der Waals surface area (Å²) in [6.07, 6.45) is 2.68. The SMILES string of the molecule is COc1cc2c(Nc3ccc(Br)cc3F)ncnc2cc1OCC(O)CN1C=CSC1. The number of nitrogens with one attached hydrogen (secondary N) is 1. The van der Waals surface area contributed by atoms with Gasteiger partial charge >= 0.3 is 0 Å². The minimum absolute atomic E-state index is 0.108. The fraction of sp³-hybridized carbons (Fsp3) is 0.238. The molecule has 1 unspecified atom stereocenters. The lowest BCUT2D eigenvalue weighted by Crippen LogP contribution is -2.31. The highest BCUT2D eigenvalue weighted by atomic mass is 79.9. The van der Waals surface area contributed by atoms with Crippen LogP contribution in [0.3, 0.4) is 0 Å². The van der Waals surface area contributed by atoms with Crippen LogP contribution in [0.25, 0.3) is 10.9 Å². The van der Waals surface area contributed by atoms with Crippen molar-refractivity contribution in [2.45, 2.75) is 6.10 Å². The lowest BCUT2D eigenvalue weighted by atomic mass is 10.2. The van der Waals surface area contributed by atoms with Gasteiger partial charge in [0.2, 0.25) is 0 Å². The highest BCUT2D eigenvalue weighted by molar-refractivity contribution is 9.10. The Morgan fingerprint density at radius 1 is 1.29 bits per heavy atom. The van der Waals surface area contributed by atoms with Crippen LogP contribution >= 0.6 is 27.7 Å². The number of anilines is 2. The van der Waals surface area contributed by atoms with E-state index >= 15 is 0 Å². The van der Waals surface area contributed by atoms with Crippen molar-refractivity contribution in [3.63, 3.8) is 0 Å². The summed E-state index contributed by atoms with van der Waals surface area (Å²) >= 11 is 4.93. The maximum atomic E-state index is 14.3. The van der Waals surface area contributed by atoms with Crippen LogP contribution in [-0.4, -0.2) is 52.2 Å². The molecule has 162 valence electrons. The molecule has 0 bridgehead atoms. The van der Waals surface area contributed by atoms with Crippen molar-refractivity contribution < 1.29 is 19.0 Å². The number of halogens is 2. The smallest absolute Gasteiger partial charge is 0.163 e. The fourth-order valence-electron chi connectivity index (χ4n) is 3.09. The monoisotopic (exact) mass is 506 g/mol. The Balaban J connectivity index is 1.55. The zero-order valence-corrected chi connectivity index (χ0v) is 19.0. The molecule has 0 fully saturated rings. The molecule has 1 aromatic heterocycles. The van der Waals surface area contributed by atoms with Crippen molar-refractivity contribution in [1.82, 2.24) is 14.9 Å². The van der Waals surface area contributed by atoms with Gasteiger partial charge in [-0.05, 0) is 29.7 Å². The van der Waals surface area contributed by atoms with Crippen LogP contribution in [0, 0.1) is 5.82 Å². The van der Waals surface area contributed by atoms with Gasteiger partial charge in [0.25, 0.3) is 0 Å². The topological polar surface area (TPSA) is 79.7 Å². The molecule has 1 atom stereocenters. The van der Waals surface area contributed by atoms with E-state index in [0.29, 0.717) is 44.9 Å². The third-order valence-electron chi connectivity index (χ3n) is 4.59. The van der Waals surface area contributed by atoms with Crippen molar-refractivity contribution in [2.24, 2.45) is 0 Å². The second-order valence-corrected chi connectivity index (χ2v) is 8.59. The number of benzene rings is 2. The van der Waals surface area contributed by atoms with Crippen LogP contribution in [-0.2, 0) is 0 Å². The lowest BCUT2D eigenvalue weighted by molar-refractivity contribution is 0.0854. The summed E-state index contributed by atoms with van der Waals surface area (Å²) in [6.45, 7) is 0.589. The number of rotatable bonds is 8. The van der Waals surface area contributed by atoms with E-state index in [1.165, 1.54) is 19.5 Å². The summed E-state index contributed by atoms with van der Waals surface area (Å²) in [5, 5.41) is 15.9. The zero-order valence-electron chi connectivity index (χ0n) is 16.6. The van der Waals surface area contributed by atoms with Gasteiger partial charge in [0.1, 0.15) is 30.7 Å². The quantitative estimate of drug-likeness (QED) is 0.462. The highest BCUT2D eigenvalue weighted by Crippen LogP contribution is 2.35. The molecular formula is C21H20BrFN4O3S. The molecule has 4 rings (SSSR count). The van der Waals surface area contributed by atoms with Crippen molar-refractivity contribution in [1.29, 1.82) is 0 Å². The van der Waals surface area contributed by atoms with Crippen molar-refractivity contribution in [3.05, 3.63) is 58.6 Å². The fourth-order valence-corrected chi connectivity index (χ4v) is 4.15. The zero-order chi connectivity index (χ0) is 21.8. The second-order valence-electron chi connectivity index (χ2n) is 6.81. The van der Waals surface area contributed by atoms with Crippen LogP contribution in [0.15, 0.2) is 52.7 Å². The molecule has 31 heavy (non-hydrogen) atoms. The van der Waals surface area contributed by atoms with E-state index < -0.39 is 11.9 Å². The Bertz CT molecular complexity index is 1120. The van der Waals surface area contributed by atoms with Crippen LogP contribution in [0.4, 0.5) is 15.9 Å². The summed E-state index contributed by atoms with van der Waals surface area (Å²) in [4.78, 5) is 10.6. The number of β-amino-alcohol motifs (C(OH)–C–C–N with tert-alkyl or cyclic N) is 1. The van der Waals surface area contributed by atoms with Crippen LogP contribution in [0.5, 0.6) is 11.5 Å². The molecule has 2 heterocycles. The predicted octanol–water partition coefficient (Wildman–Crippen LogP) is 4.50. The van der Waals surface area contributed by atoms with E-state index in [4.69, 9.17) is 9.47 Å². The summed E-state index contributed by atoms with van der Waals surface area (Å²) in [5.74, 6) is 1.77. The predicted molar refractivity (Wildman–Crippen MR) is 123 cm³/mol. The molecule has 2 aromatic carbocycles. The summed E-state index contributed by atoms with van der Waals surface area (Å²) in [6, 6.07) is 8.19. The van der Waals surface area contributed by atoms with Gasteiger partial charge < -0.3 is 24.8 Å². The maximum absolute atomic E-state index is 14.3. The first-order chi connectivity index (χ1) is 15.0. The van der Waals surface area contributed by atoms with Crippen LogP contribution < -0.4 is 14.8 Å². The highest BCUT2D eigenvalue weighted by Gasteiger charge is 2.16. The van der Waals surface area contributed by atoms with Gasteiger partial charge in [-0.3, -0.25) is 0 Å². The average molecular weight is 507 g/mol. The van der Waals surface area contributed by atoms with Crippen LogP contribution in [0.1, 0.15) is 0 Å². The van der Waals surface area contributed by atoms with Crippen LogP contribution in [0.2, 0.25) is 0 Å². The largest absolute Gasteiger partial charge is 0.493 e. The van der Waals surface area contributed by atoms with E-state index in [2.05, 4.69) is 31.2 Å². The standard InChI is InChI=1S/C21H20BrFN4O3S/c1-29-19-7-15-18(8-20(19)30-10-14(28)9-27-4-5-31-12-27)24-11-25-21(15)26-17-3-2-13(22)6-16(17)23/h2-8,11,14,28H,9-10,12H2,1H3,(H,24,25,26). The third kappa shape index (κ3) is 5.20. The van der Waals surface area contributed by atoms with Crippen molar-refractivity contribution in [2.75, 3.05) is 31.5 Å². The van der Waals surface area contributed by atoms with Gasteiger partial charge in [-0.1, -0.05) is 15.9 Å². The normalized spacial score (nSPS) is 14.1. The number of hydrogen-bond donors (Lipinski definition) is 2. The molecule has 0 amide bonds. The molecule has 2 N–H and O–H groups in total. The number of aromatic nitrogens is 2. The van der Waals surface area contributed by atoms with Crippen molar-refractivity contribution in [3.8, 4) is 11.5 Å². The van der Waals surface area contributed by atoms with Gasteiger partial charge in [0.05, 0.1) is 24.2 Å². The first-order valence-corrected chi connectivity index (χ1v) is 11.3. The van der Waals surface area contributed by atoms with E-state index in [-0.39, 0.29) is 6.61 Å². The first-order valence-electron chi connectivity index (χ1n) is 9.41. The Kier molecular flexibility index (Phi) is 6.79. The Labute approximate surface area is 191 Å². The summed E-state index contributed by atoms with van der Waals surface area (Å²) in [5.41, 5.74) is 0.888. The molecule has 0 aliphatic carbocycles. The molecule has 1 aliphatic heterocycles.